The first-order valence-electron chi connectivity index (χ1n) is 8.17. The summed E-state index contributed by atoms with van der Waals surface area (Å²) in [4.78, 5) is 11.4. The van der Waals surface area contributed by atoms with Gasteiger partial charge in [-0.1, -0.05) is 50.3 Å². The van der Waals surface area contributed by atoms with Gasteiger partial charge in [0.15, 0.2) is 0 Å². The van der Waals surface area contributed by atoms with Crippen LogP contribution in [-0.2, 0) is 20.9 Å². The summed E-state index contributed by atoms with van der Waals surface area (Å²) in [7, 11) is 0. The van der Waals surface area contributed by atoms with Crippen LogP contribution in [0.4, 0.5) is 0 Å². The van der Waals surface area contributed by atoms with Gasteiger partial charge in [0.1, 0.15) is 0 Å². The smallest absolute Gasteiger partial charge is 0.330 e. The minimum atomic E-state index is -0.575. The normalized spacial score (nSPS) is 15.3. The van der Waals surface area contributed by atoms with Gasteiger partial charge >= 0.3 is 5.97 Å². The summed E-state index contributed by atoms with van der Waals surface area (Å²) in [5.74, 6) is -0.375. The molecule has 0 heterocycles. The van der Waals surface area contributed by atoms with Crippen molar-refractivity contribution >= 4 is 5.97 Å². The number of hydrogen-bond donors (Lipinski definition) is 1. The highest BCUT2D eigenvalue weighted by Gasteiger charge is 2.28. The number of aliphatic hydroxyl groups excluding tert-OH is 1. The van der Waals surface area contributed by atoms with Crippen molar-refractivity contribution in [2.45, 2.75) is 46.3 Å². The molecule has 1 aromatic carbocycles. The van der Waals surface area contributed by atoms with Gasteiger partial charge in [-0.2, -0.15) is 0 Å². The lowest BCUT2D eigenvalue weighted by atomic mass is 9.80. The van der Waals surface area contributed by atoms with Gasteiger partial charge < -0.3 is 14.6 Å². The molecule has 128 valence electrons. The maximum atomic E-state index is 11.4. The Morgan fingerprint density at radius 1 is 1.30 bits per heavy atom. The molecule has 0 bridgehead atoms. The van der Waals surface area contributed by atoms with Crippen LogP contribution in [0.1, 0.15) is 39.2 Å². The molecule has 2 atom stereocenters. The fourth-order valence-corrected chi connectivity index (χ4v) is 2.20. The second kappa shape index (κ2) is 10.2. The number of ether oxygens (including phenoxy) is 2. The van der Waals surface area contributed by atoms with Crippen LogP contribution in [0.15, 0.2) is 42.5 Å². The maximum Gasteiger partial charge on any atom is 0.330 e. The van der Waals surface area contributed by atoms with Crippen molar-refractivity contribution in [1.29, 1.82) is 0 Å². The summed E-state index contributed by atoms with van der Waals surface area (Å²) in [6, 6.07) is 9.93. The standard InChI is InChI=1S/C19H28O4/c1-4-19(3,13-11-18(21)23-5-2)17(20)12-14-22-15-16-9-7-6-8-10-16/h6-11,13,17,20H,4-5,12,14-15H2,1-3H3/b13-11+/t17-,19-/m1/s1. The van der Waals surface area contributed by atoms with E-state index in [2.05, 4.69) is 0 Å². The molecule has 0 saturated heterocycles. The summed E-state index contributed by atoms with van der Waals surface area (Å²) in [6.07, 6.45) is 3.81. The van der Waals surface area contributed by atoms with Crippen molar-refractivity contribution in [2.75, 3.05) is 13.2 Å². The molecule has 4 heteroatoms. The van der Waals surface area contributed by atoms with Crippen LogP contribution in [-0.4, -0.2) is 30.4 Å². The average Bonchev–Trinajstić information content (AvgIpc) is 2.57. The fourth-order valence-electron chi connectivity index (χ4n) is 2.20. The van der Waals surface area contributed by atoms with Gasteiger partial charge in [0, 0.05) is 18.1 Å². The summed E-state index contributed by atoms with van der Waals surface area (Å²) in [6.45, 7) is 7.05. The van der Waals surface area contributed by atoms with E-state index in [-0.39, 0.29) is 5.97 Å². The Hall–Kier alpha value is -1.65. The molecule has 1 N–H and O–H groups in total. The first-order valence-corrected chi connectivity index (χ1v) is 8.17. The predicted octanol–water partition coefficient (Wildman–Crippen LogP) is 3.49. The van der Waals surface area contributed by atoms with Gasteiger partial charge in [-0.25, -0.2) is 4.79 Å². The van der Waals surface area contributed by atoms with E-state index >= 15 is 0 Å². The molecule has 1 aromatic rings. The van der Waals surface area contributed by atoms with Crippen LogP contribution in [0, 0.1) is 5.41 Å². The highest BCUT2D eigenvalue weighted by Crippen LogP contribution is 2.29. The monoisotopic (exact) mass is 320 g/mol. The van der Waals surface area contributed by atoms with Gasteiger partial charge in [-0.3, -0.25) is 0 Å². The Kier molecular flexibility index (Phi) is 8.59. The van der Waals surface area contributed by atoms with E-state index in [1.165, 1.54) is 6.08 Å². The van der Waals surface area contributed by atoms with Crippen molar-refractivity contribution in [2.24, 2.45) is 5.41 Å². The van der Waals surface area contributed by atoms with Crippen molar-refractivity contribution in [3.8, 4) is 0 Å². The van der Waals surface area contributed by atoms with Crippen LogP contribution in [0.5, 0.6) is 0 Å². The Labute approximate surface area is 139 Å². The minimum Gasteiger partial charge on any atom is -0.463 e. The number of hydrogen-bond acceptors (Lipinski definition) is 4. The van der Waals surface area contributed by atoms with Crippen LogP contribution in [0.25, 0.3) is 0 Å². The van der Waals surface area contributed by atoms with Crippen molar-refractivity contribution < 1.29 is 19.4 Å². The van der Waals surface area contributed by atoms with E-state index in [0.717, 1.165) is 12.0 Å². The number of rotatable bonds is 10. The van der Waals surface area contributed by atoms with Gasteiger partial charge in [0.2, 0.25) is 0 Å². The Morgan fingerprint density at radius 3 is 2.61 bits per heavy atom. The molecule has 1 rings (SSSR count). The number of carbonyl (C=O) groups excluding carboxylic acids is 1. The molecule has 0 spiro atoms. The van der Waals surface area contributed by atoms with Crippen molar-refractivity contribution in [3.63, 3.8) is 0 Å². The molecule has 0 aliphatic carbocycles. The molecule has 4 nitrogen and oxygen atoms in total. The van der Waals surface area contributed by atoms with Gasteiger partial charge in [0.05, 0.1) is 19.3 Å². The van der Waals surface area contributed by atoms with E-state index in [0.29, 0.717) is 26.2 Å². The van der Waals surface area contributed by atoms with E-state index in [4.69, 9.17) is 9.47 Å². The summed E-state index contributed by atoms with van der Waals surface area (Å²) < 4.78 is 10.5. The van der Waals surface area contributed by atoms with Crippen LogP contribution < -0.4 is 0 Å². The topological polar surface area (TPSA) is 55.8 Å². The quantitative estimate of drug-likeness (QED) is 0.407. The highest BCUT2D eigenvalue weighted by atomic mass is 16.5. The molecule has 0 radical (unpaired) electrons. The van der Waals surface area contributed by atoms with Crippen molar-refractivity contribution in [1.82, 2.24) is 0 Å². The molecule has 23 heavy (non-hydrogen) atoms. The van der Waals surface area contributed by atoms with Gasteiger partial charge in [-0.05, 0) is 25.3 Å². The third-order valence-corrected chi connectivity index (χ3v) is 4.06. The fraction of sp³-hybridized carbons (Fsp3) is 0.526. The van der Waals surface area contributed by atoms with Crippen LogP contribution >= 0.6 is 0 Å². The molecule has 0 amide bonds. The Morgan fingerprint density at radius 2 is 2.00 bits per heavy atom. The average molecular weight is 320 g/mol. The van der Waals surface area contributed by atoms with Gasteiger partial charge in [0.25, 0.3) is 0 Å². The van der Waals surface area contributed by atoms with E-state index in [1.807, 2.05) is 44.2 Å². The maximum absolute atomic E-state index is 11.4. The van der Waals surface area contributed by atoms with E-state index < -0.39 is 11.5 Å². The highest BCUT2D eigenvalue weighted by molar-refractivity contribution is 5.82. The zero-order valence-corrected chi connectivity index (χ0v) is 14.3. The second-order valence-corrected chi connectivity index (χ2v) is 5.79. The number of benzene rings is 1. The summed E-state index contributed by atoms with van der Waals surface area (Å²) in [5, 5.41) is 10.4. The van der Waals surface area contributed by atoms with Crippen molar-refractivity contribution in [3.05, 3.63) is 48.0 Å². The Balaban J connectivity index is 2.43. The third-order valence-electron chi connectivity index (χ3n) is 4.06. The van der Waals surface area contributed by atoms with E-state index in [9.17, 15) is 9.90 Å². The molecule has 0 saturated carbocycles. The molecule has 0 aliphatic heterocycles. The van der Waals surface area contributed by atoms with Crippen LogP contribution in [0.2, 0.25) is 0 Å². The lowest BCUT2D eigenvalue weighted by Crippen LogP contribution is -2.31. The molecular weight excluding hydrogens is 292 g/mol. The first-order chi connectivity index (χ1) is 11.0. The van der Waals surface area contributed by atoms with E-state index in [1.54, 1.807) is 13.0 Å². The third kappa shape index (κ3) is 6.97. The number of aliphatic hydroxyl groups is 1. The lowest BCUT2D eigenvalue weighted by Gasteiger charge is -2.30. The first kappa shape index (κ1) is 19.4. The molecule has 0 fully saturated rings. The zero-order chi connectivity index (χ0) is 17.1. The minimum absolute atomic E-state index is 0.349. The molecule has 0 aliphatic rings. The largest absolute Gasteiger partial charge is 0.463 e. The second-order valence-electron chi connectivity index (χ2n) is 5.79. The molecular formula is C19H28O4. The van der Waals surface area contributed by atoms with Gasteiger partial charge in [-0.15, -0.1) is 0 Å². The molecule has 0 unspecified atom stereocenters. The zero-order valence-electron chi connectivity index (χ0n) is 14.3. The summed E-state index contributed by atoms with van der Waals surface area (Å²) in [5.41, 5.74) is 0.644. The number of esters is 1. The molecule has 0 aromatic heterocycles. The SMILES string of the molecule is CCOC(=O)/C=C/[C@@](C)(CC)[C@H](O)CCOCc1ccccc1. The Bertz CT molecular complexity index is 483. The van der Waals surface area contributed by atoms with Crippen LogP contribution in [0.3, 0.4) is 0 Å². The lowest BCUT2D eigenvalue weighted by molar-refractivity contribution is -0.137. The number of carbonyl (C=O) groups is 1. The predicted molar refractivity (Wildman–Crippen MR) is 90.9 cm³/mol. The summed E-state index contributed by atoms with van der Waals surface area (Å²) >= 11 is 0.